The highest BCUT2D eigenvalue weighted by atomic mass is 32.1. The summed E-state index contributed by atoms with van der Waals surface area (Å²) in [5, 5.41) is 10.8. The van der Waals surface area contributed by atoms with Crippen molar-refractivity contribution in [3.05, 3.63) is 158 Å². The molecule has 2 nitrogen and oxygen atoms in total. The monoisotopic (exact) mass is 642 g/mol. The number of furan rings is 2. The highest BCUT2D eigenvalue weighted by Crippen LogP contribution is 2.47. The number of fused-ring (bicyclic) bond motifs is 10. The van der Waals surface area contributed by atoms with Crippen molar-refractivity contribution >= 4 is 86.0 Å². The standard InChI is InChI=1S/C46H26O2S/c1-2-10-27(11-3-1)39-26-47-45-38(39)23-22-37-30-20-18-28(24-40(30)48-46(37)45)43-33-13-4-6-15-35(33)44(36-16-7-5-14-34(36)43)29-19-21-32-31-12-8-9-17-41(31)49-42(32)25-29/h1-26H. The molecular formula is C46H26O2S. The summed E-state index contributed by atoms with van der Waals surface area (Å²) in [6.45, 7) is 0. The number of hydrogen-bond acceptors (Lipinski definition) is 3. The molecule has 11 rings (SSSR count). The Morgan fingerprint density at radius 2 is 0.918 bits per heavy atom. The van der Waals surface area contributed by atoms with Gasteiger partial charge in [-0.3, -0.25) is 0 Å². The Hall–Kier alpha value is -6.16. The summed E-state index contributed by atoms with van der Waals surface area (Å²) in [4.78, 5) is 0. The summed E-state index contributed by atoms with van der Waals surface area (Å²) in [7, 11) is 0. The van der Waals surface area contributed by atoms with Crippen LogP contribution in [0.4, 0.5) is 0 Å². The molecular weight excluding hydrogens is 617 g/mol. The SMILES string of the molecule is c1ccc(-c2coc3c2ccc2c4ccc(-c5c6ccccc6c(-c6ccc7c(c6)sc6ccccc67)c6ccccc56)cc4oc23)cc1. The minimum Gasteiger partial charge on any atom is -0.460 e. The molecule has 0 atom stereocenters. The lowest BCUT2D eigenvalue weighted by Gasteiger charge is -2.17. The average molecular weight is 643 g/mol. The first kappa shape index (κ1) is 26.9. The van der Waals surface area contributed by atoms with E-state index >= 15 is 0 Å². The van der Waals surface area contributed by atoms with Crippen molar-refractivity contribution in [2.75, 3.05) is 0 Å². The van der Waals surface area contributed by atoms with E-state index in [9.17, 15) is 0 Å². The van der Waals surface area contributed by atoms with Crippen LogP contribution in [0.2, 0.25) is 0 Å². The van der Waals surface area contributed by atoms with Crippen LogP contribution in [0.5, 0.6) is 0 Å². The molecule has 0 spiro atoms. The Bertz CT molecular complexity index is 3050. The summed E-state index contributed by atoms with van der Waals surface area (Å²) in [6.07, 6.45) is 1.84. The van der Waals surface area contributed by atoms with E-state index in [4.69, 9.17) is 8.83 Å². The molecule has 0 radical (unpaired) electrons. The van der Waals surface area contributed by atoms with Gasteiger partial charge in [0.25, 0.3) is 0 Å². The van der Waals surface area contributed by atoms with E-state index < -0.39 is 0 Å². The molecule has 0 saturated heterocycles. The Morgan fingerprint density at radius 3 is 1.63 bits per heavy atom. The lowest BCUT2D eigenvalue weighted by molar-refractivity contribution is 0.600. The highest BCUT2D eigenvalue weighted by Gasteiger charge is 2.20. The predicted molar refractivity (Wildman–Crippen MR) is 208 cm³/mol. The smallest absolute Gasteiger partial charge is 0.178 e. The Labute approximate surface area is 285 Å². The van der Waals surface area contributed by atoms with Crippen LogP contribution in [0.1, 0.15) is 0 Å². The van der Waals surface area contributed by atoms with Crippen molar-refractivity contribution in [3.8, 4) is 33.4 Å². The van der Waals surface area contributed by atoms with Crippen LogP contribution in [0.15, 0.2) is 167 Å². The van der Waals surface area contributed by atoms with Gasteiger partial charge in [0, 0.05) is 41.9 Å². The quantitative estimate of drug-likeness (QED) is 0.179. The van der Waals surface area contributed by atoms with Crippen molar-refractivity contribution in [1.82, 2.24) is 0 Å². The van der Waals surface area contributed by atoms with Crippen LogP contribution in [0.3, 0.4) is 0 Å². The van der Waals surface area contributed by atoms with Crippen molar-refractivity contribution < 1.29 is 8.83 Å². The topological polar surface area (TPSA) is 26.3 Å². The van der Waals surface area contributed by atoms with Crippen molar-refractivity contribution in [2.24, 2.45) is 0 Å². The zero-order valence-electron chi connectivity index (χ0n) is 26.2. The van der Waals surface area contributed by atoms with E-state index in [0.717, 1.165) is 49.6 Å². The molecule has 3 aromatic heterocycles. The molecule has 0 saturated carbocycles. The fourth-order valence-corrected chi connectivity index (χ4v) is 9.10. The summed E-state index contributed by atoms with van der Waals surface area (Å²) in [5.41, 5.74) is 9.48. The Balaban J connectivity index is 1.13. The number of rotatable bonds is 3. The van der Waals surface area contributed by atoms with Crippen molar-refractivity contribution in [1.29, 1.82) is 0 Å². The maximum absolute atomic E-state index is 6.67. The Kier molecular flexibility index (Phi) is 5.57. The average Bonchev–Trinajstić information content (AvgIpc) is 3.87. The van der Waals surface area contributed by atoms with Gasteiger partial charge in [-0.05, 0) is 85.8 Å². The van der Waals surface area contributed by atoms with Crippen LogP contribution in [0, 0.1) is 0 Å². The van der Waals surface area contributed by atoms with Gasteiger partial charge in [0.2, 0.25) is 0 Å². The predicted octanol–water partition coefficient (Wildman–Crippen LogP) is 14.0. The van der Waals surface area contributed by atoms with Crippen molar-refractivity contribution in [3.63, 3.8) is 0 Å². The van der Waals surface area contributed by atoms with E-state index in [2.05, 4.69) is 146 Å². The lowest BCUT2D eigenvalue weighted by atomic mass is 9.86. The first-order valence-electron chi connectivity index (χ1n) is 16.6. The fourth-order valence-electron chi connectivity index (χ4n) is 7.95. The third-order valence-electron chi connectivity index (χ3n) is 10.2. The minimum atomic E-state index is 0.782. The molecule has 0 aliphatic carbocycles. The summed E-state index contributed by atoms with van der Waals surface area (Å²) < 4.78 is 15.5. The molecule has 11 aromatic rings. The van der Waals surface area contributed by atoms with Gasteiger partial charge in [-0.1, -0.05) is 115 Å². The molecule has 0 amide bonds. The molecule has 8 aromatic carbocycles. The molecule has 49 heavy (non-hydrogen) atoms. The maximum Gasteiger partial charge on any atom is 0.178 e. The largest absolute Gasteiger partial charge is 0.460 e. The summed E-state index contributed by atoms with van der Waals surface area (Å²) in [5.74, 6) is 0. The van der Waals surface area contributed by atoms with Gasteiger partial charge >= 0.3 is 0 Å². The van der Waals surface area contributed by atoms with Gasteiger partial charge in [-0.25, -0.2) is 0 Å². The normalized spacial score (nSPS) is 12.1. The molecule has 0 fully saturated rings. The number of thiophene rings is 1. The van der Waals surface area contributed by atoms with E-state index in [1.165, 1.54) is 58.4 Å². The van der Waals surface area contributed by atoms with Gasteiger partial charge < -0.3 is 8.83 Å². The summed E-state index contributed by atoms with van der Waals surface area (Å²) >= 11 is 1.87. The molecule has 0 aliphatic rings. The van der Waals surface area contributed by atoms with Crippen LogP contribution in [-0.2, 0) is 0 Å². The third kappa shape index (κ3) is 3.88. The molecule has 3 heteroatoms. The van der Waals surface area contributed by atoms with Crippen LogP contribution in [-0.4, -0.2) is 0 Å². The second-order valence-electron chi connectivity index (χ2n) is 12.8. The maximum atomic E-state index is 6.67. The van der Waals surface area contributed by atoms with Gasteiger partial charge in [0.05, 0.1) is 6.26 Å². The van der Waals surface area contributed by atoms with Crippen LogP contribution < -0.4 is 0 Å². The molecule has 0 bridgehead atoms. The van der Waals surface area contributed by atoms with Gasteiger partial charge in [-0.15, -0.1) is 11.3 Å². The van der Waals surface area contributed by atoms with E-state index in [0.29, 0.717) is 0 Å². The molecule has 0 aliphatic heterocycles. The molecule has 228 valence electrons. The van der Waals surface area contributed by atoms with Crippen molar-refractivity contribution in [2.45, 2.75) is 0 Å². The van der Waals surface area contributed by atoms with Crippen LogP contribution in [0.25, 0.3) is 108 Å². The van der Waals surface area contributed by atoms with Gasteiger partial charge in [-0.2, -0.15) is 0 Å². The zero-order valence-corrected chi connectivity index (χ0v) is 27.1. The molecule has 3 heterocycles. The Morgan fingerprint density at radius 1 is 0.367 bits per heavy atom. The first-order chi connectivity index (χ1) is 24.3. The fraction of sp³-hybridized carbons (Fsp3) is 0. The van der Waals surface area contributed by atoms with E-state index in [1.54, 1.807) is 0 Å². The number of benzene rings is 8. The summed E-state index contributed by atoms with van der Waals surface area (Å²) in [6, 6.07) is 54.7. The van der Waals surface area contributed by atoms with E-state index in [-0.39, 0.29) is 0 Å². The lowest BCUT2D eigenvalue weighted by Crippen LogP contribution is -1.90. The number of hydrogen-bond donors (Lipinski definition) is 0. The van der Waals surface area contributed by atoms with Gasteiger partial charge in [0.1, 0.15) is 5.58 Å². The zero-order chi connectivity index (χ0) is 32.1. The third-order valence-corrected chi connectivity index (χ3v) is 11.3. The molecule has 0 N–H and O–H groups in total. The van der Waals surface area contributed by atoms with Gasteiger partial charge in [0.15, 0.2) is 11.2 Å². The first-order valence-corrected chi connectivity index (χ1v) is 17.4. The van der Waals surface area contributed by atoms with E-state index in [1.807, 2.05) is 23.7 Å². The molecule has 0 unspecified atom stereocenters. The second kappa shape index (κ2) is 10.2. The highest BCUT2D eigenvalue weighted by molar-refractivity contribution is 7.25. The van der Waals surface area contributed by atoms with Crippen LogP contribution >= 0.6 is 11.3 Å². The minimum absolute atomic E-state index is 0.782. The second-order valence-corrected chi connectivity index (χ2v) is 13.9.